The summed E-state index contributed by atoms with van der Waals surface area (Å²) < 4.78 is 0. The van der Waals surface area contributed by atoms with Gasteiger partial charge in [-0.2, -0.15) is 0 Å². The van der Waals surface area contributed by atoms with Crippen LogP contribution in [0.2, 0.25) is 0 Å². The molecule has 0 amide bonds. The monoisotopic (exact) mass is 302 g/mol. The molecule has 3 rings (SSSR count). The molecule has 0 bridgehead atoms. The normalized spacial score (nSPS) is 11.9. The maximum absolute atomic E-state index is 5.60. The highest BCUT2D eigenvalue weighted by Crippen LogP contribution is 2.29. The van der Waals surface area contributed by atoms with Crippen LogP contribution in [0.15, 0.2) is 47.6 Å². The summed E-state index contributed by atoms with van der Waals surface area (Å²) in [7, 11) is 0. The number of nitrogens with two attached hydrogens (primary N) is 1. The predicted octanol–water partition coefficient (Wildman–Crippen LogP) is 3.59. The maximum atomic E-state index is 5.60. The first-order valence-corrected chi connectivity index (χ1v) is 7.32. The largest absolute Gasteiger partial charge is 0.386 e. The van der Waals surface area contributed by atoms with Crippen LogP contribution < -0.4 is 5.73 Å². The minimum Gasteiger partial charge on any atom is -0.386 e. The Morgan fingerprint density at radius 1 is 1.25 bits per heavy atom. The minimum absolute atomic E-state index is 0.227. The highest BCUT2D eigenvalue weighted by atomic mass is 35.5. The number of hydrogen-bond donors (Lipinski definition) is 1. The van der Waals surface area contributed by atoms with Crippen molar-refractivity contribution < 1.29 is 0 Å². The Morgan fingerprint density at radius 2 is 2.05 bits per heavy atom. The van der Waals surface area contributed by atoms with Crippen LogP contribution in [-0.4, -0.2) is 21.7 Å². The molecule has 0 atom stereocenters. The lowest BCUT2D eigenvalue weighted by Crippen LogP contribution is -2.12. The third-order valence-electron chi connectivity index (χ3n) is 2.69. The summed E-state index contributed by atoms with van der Waals surface area (Å²) in [5, 5.41) is 0.944. The fourth-order valence-electron chi connectivity index (χ4n) is 1.77. The number of benzene rings is 1. The number of pyridine rings is 1. The fourth-order valence-corrected chi connectivity index (χ4v) is 2.74. The highest BCUT2D eigenvalue weighted by Gasteiger charge is 2.06. The van der Waals surface area contributed by atoms with Gasteiger partial charge in [0.15, 0.2) is 0 Å². The van der Waals surface area contributed by atoms with Crippen LogP contribution in [-0.2, 0) is 0 Å². The number of hydrogen-bond acceptors (Lipinski definition) is 4. The molecule has 0 saturated heterocycles. The van der Waals surface area contributed by atoms with Crippen LogP contribution in [0.25, 0.3) is 20.9 Å². The first-order chi connectivity index (χ1) is 9.76. The number of nitrogens with zero attached hydrogens (tertiary/aromatic N) is 3. The van der Waals surface area contributed by atoms with Crippen molar-refractivity contribution in [2.45, 2.75) is 0 Å². The molecule has 0 saturated carbocycles. The minimum atomic E-state index is 0.227. The lowest BCUT2D eigenvalue weighted by molar-refractivity contribution is 1.40. The van der Waals surface area contributed by atoms with E-state index in [1.807, 2.05) is 36.4 Å². The molecule has 6 heteroatoms. The quantitative estimate of drug-likeness (QED) is 0.457. The van der Waals surface area contributed by atoms with Gasteiger partial charge < -0.3 is 5.73 Å². The van der Waals surface area contributed by atoms with Crippen LogP contribution in [0.3, 0.4) is 0 Å². The molecule has 100 valence electrons. The van der Waals surface area contributed by atoms with E-state index in [-0.39, 0.29) is 5.88 Å². The molecule has 2 N–H and O–H groups in total. The van der Waals surface area contributed by atoms with Crippen molar-refractivity contribution in [2.75, 3.05) is 5.88 Å². The van der Waals surface area contributed by atoms with Crippen LogP contribution in [0.4, 0.5) is 5.69 Å². The molecule has 0 unspecified atom stereocenters. The number of amidine groups is 1. The van der Waals surface area contributed by atoms with Crippen LogP contribution in [0, 0.1) is 0 Å². The molecule has 3 aromatic rings. The standard InChI is InChI=1S/C14H11ClN4S/c15-8-12(16)18-10-5-3-9(4-6-10)13-19-11-2-1-7-17-14(11)20-13/h1-7H,8H2,(H2,16,18). The average molecular weight is 303 g/mol. The lowest BCUT2D eigenvalue weighted by atomic mass is 10.2. The van der Waals surface area contributed by atoms with Gasteiger partial charge in [0.05, 0.1) is 11.6 Å². The number of halogens is 1. The molecular weight excluding hydrogens is 292 g/mol. The summed E-state index contributed by atoms with van der Waals surface area (Å²) in [6.07, 6.45) is 1.77. The number of aromatic nitrogens is 2. The Labute approximate surface area is 125 Å². The van der Waals surface area contributed by atoms with E-state index in [1.54, 1.807) is 17.5 Å². The molecule has 0 aliphatic rings. The molecule has 0 aliphatic heterocycles. The zero-order chi connectivity index (χ0) is 13.9. The summed E-state index contributed by atoms with van der Waals surface area (Å²) in [5.41, 5.74) is 8.34. The SMILES string of the molecule is NC(CCl)=Nc1ccc(-c2nc3cccnc3s2)cc1. The molecule has 0 fully saturated rings. The Balaban J connectivity index is 1.94. The second-order valence-corrected chi connectivity index (χ2v) is 5.38. The molecular formula is C14H11ClN4S. The van der Waals surface area contributed by atoms with Gasteiger partial charge in [0, 0.05) is 11.8 Å². The summed E-state index contributed by atoms with van der Waals surface area (Å²) in [5.74, 6) is 0.634. The van der Waals surface area contributed by atoms with E-state index in [9.17, 15) is 0 Å². The van der Waals surface area contributed by atoms with E-state index >= 15 is 0 Å². The van der Waals surface area contributed by atoms with Gasteiger partial charge >= 0.3 is 0 Å². The number of rotatable bonds is 3. The fraction of sp³-hybridized carbons (Fsp3) is 0.0714. The van der Waals surface area contributed by atoms with Gasteiger partial charge in [0.25, 0.3) is 0 Å². The molecule has 2 heterocycles. The predicted molar refractivity (Wildman–Crippen MR) is 84.9 cm³/mol. The van der Waals surface area contributed by atoms with Gasteiger partial charge in [-0.15, -0.1) is 11.6 Å². The van der Waals surface area contributed by atoms with Crippen molar-refractivity contribution in [2.24, 2.45) is 10.7 Å². The summed E-state index contributed by atoms with van der Waals surface area (Å²) in [6.45, 7) is 0. The van der Waals surface area contributed by atoms with E-state index in [0.717, 1.165) is 26.6 Å². The smallest absolute Gasteiger partial charge is 0.143 e. The molecule has 20 heavy (non-hydrogen) atoms. The molecule has 1 aromatic carbocycles. The second kappa shape index (κ2) is 5.56. The van der Waals surface area contributed by atoms with Crippen LogP contribution in [0.5, 0.6) is 0 Å². The summed E-state index contributed by atoms with van der Waals surface area (Å²) in [6, 6.07) is 11.6. The second-order valence-electron chi connectivity index (χ2n) is 4.13. The van der Waals surface area contributed by atoms with Crippen LogP contribution in [0.1, 0.15) is 0 Å². The third kappa shape index (κ3) is 2.64. The van der Waals surface area contributed by atoms with Gasteiger partial charge in [-0.1, -0.05) is 11.3 Å². The highest BCUT2D eigenvalue weighted by molar-refractivity contribution is 7.21. The van der Waals surface area contributed by atoms with Crippen molar-refractivity contribution in [1.82, 2.24) is 9.97 Å². The molecule has 0 spiro atoms. The third-order valence-corrected chi connectivity index (χ3v) is 3.99. The van der Waals surface area contributed by atoms with Crippen LogP contribution >= 0.6 is 22.9 Å². The molecule has 0 radical (unpaired) electrons. The Bertz CT molecular complexity index is 731. The average Bonchev–Trinajstić information content (AvgIpc) is 2.91. The van der Waals surface area contributed by atoms with Crippen molar-refractivity contribution in [3.8, 4) is 10.6 Å². The first kappa shape index (κ1) is 13.0. The maximum Gasteiger partial charge on any atom is 0.143 e. The number of fused-ring (bicyclic) bond motifs is 1. The number of alkyl halides is 1. The number of thiazole rings is 1. The zero-order valence-electron chi connectivity index (χ0n) is 10.5. The van der Waals surface area contributed by atoms with Gasteiger partial charge in [-0.3, -0.25) is 0 Å². The molecule has 0 aliphatic carbocycles. The zero-order valence-corrected chi connectivity index (χ0v) is 12.0. The van der Waals surface area contributed by atoms with Crippen molar-refractivity contribution in [1.29, 1.82) is 0 Å². The summed E-state index contributed by atoms with van der Waals surface area (Å²) >= 11 is 7.17. The Kier molecular flexibility index (Phi) is 3.62. The van der Waals surface area contributed by atoms with E-state index in [2.05, 4.69) is 15.0 Å². The lowest BCUT2D eigenvalue weighted by Gasteiger charge is -1.98. The van der Waals surface area contributed by atoms with E-state index in [1.165, 1.54) is 0 Å². The Hall–Kier alpha value is -1.98. The van der Waals surface area contributed by atoms with E-state index in [4.69, 9.17) is 17.3 Å². The van der Waals surface area contributed by atoms with E-state index < -0.39 is 0 Å². The van der Waals surface area contributed by atoms with Crippen molar-refractivity contribution in [3.63, 3.8) is 0 Å². The van der Waals surface area contributed by atoms with Crippen molar-refractivity contribution >= 4 is 44.8 Å². The van der Waals surface area contributed by atoms with E-state index in [0.29, 0.717) is 5.84 Å². The van der Waals surface area contributed by atoms with Gasteiger partial charge in [-0.25, -0.2) is 15.0 Å². The molecule has 4 nitrogen and oxygen atoms in total. The van der Waals surface area contributed by atoms with Gasteiger partial charge in [0.2, 0.25) is 0 Å². The van der Waals surface area contributed by atoms with Crippen molar-refractivity contribution in [3.05, 3.63) is 42.6 Å². The Morgan fingerprint density at radius 3 is 2.75 bits per heavy atom. The topological polar surface area (TPSA) is 64.2 Å². The number of aliphatic imine (C=N–C) groups is 1. The van der Waals surface area contributed by atoms with Gasteiger partial charge in [-0.05, 0) is 36.4 Å². The van der Waals surface area contributed by atoms with Gasteiger partial charge in [0.1, 0.15) is 21.2 Å². The summed E-state index contributed by atoms with van der Waals surface area (Å²) in [4.78, 5) is 14.0. The first-order valence-electron chi connectivity index (χ1n) is 5.97. The molecule has 2 aromatic heterocycles.